The first kappa shape index (κ1) is 19.0. The van der Waals surface area contributed by atoms with E-state index in [-0.39, 0.29) is 24.4 Å². The van der Waals surface area contributed by atoms with Gasteiger partial charge in [0.05, 0.1) is 12.6 Å². The van der Waals surface area contributed by atoms with E-state index in [1.807, 2.05) is 13.8 Å². The van der Waals surface area contributed by atoms with E-state index in [4.69, 9.17) is 5.11 Å². The Labute approximate surface area is 147 Å². The molecular formula is C17H26N4O4. The Hall–Kier alpha value is -2.38. The van der Waals surface area contributed by atoms with Crippen molar-refractivity contribution in [1.29, 1.82) is 0 Å². The van der Waals surface area contributed by atoms with Crippen molar-refractivity contribution >= 4 is 17.8 Å². The smallest absolute Gasteiger partial charge is 0.326 e. The summed E-state index contributed by atoms with van der Waals surface area (Å²) in [6, 6.07) is 0.908. The molecule has 1 fully saturated rings. The molecule has 1 aromatic rings. The second kappa shape index (κ2) is 8.64. The van der Waals surface area contributed by atoms with Crippen LogP contribution in [0.4, 0.5) is 0 Å². The first-order valence-electron chi connectivity index (χ1n) is 8.72. The molecule has 1 saturated carbocycles. The van der Waals surface area contributed by atoms with E-state index in [0.29, 0.717) is 12.1 Å². The van der Waals surface area contributed by atoms with Crippen LogP contribution in [0.2, 0.25) is 0 Å². The summed E-state index contributed by atoms with van der Waals surface area (Å²) in [6.45, 7) is 3.50. The molecule has 0 unspecified atom stereocenters. The fourth-order valence-electron chi connectivity index (χ4n) is 3.12. The van der Waals surface area contributed by atoms with Crippen LogP contribution in [-0.2, 0) is 9.59 Å². The van der Waals surface area contributed by atoms with Crippen LogP contribution in [0.5, 0.6) is 0 Å². The third-order valence-corrected chi connectivity index (χ3v) is 4.32. The Bertz CT molecular complexity index is 620. The van der Waals surface area contributed by atoms with Crippen molar-refractivity contribution in [2.24, 2.45) is 5.92 Å². The quantitative estimate of drug-likeness (QED) is 0.655. The molecule has 1 atom stereocenters. The number of aromatic nitrogens is 2. The first-order valence-corrected chi connectivity index (χ1v) is 8.72. The number of hydrogen-bond donors (Lipinski definition) is 3. The van der Waals surface area contributed by atoms with Gasteiger partial charge in [-0.15, -0.1) is 0 Å². The van der Waals surface area contributed by atoms with Crippen LogP contribution in [0.1, 0.15) is 62.5 Å². The normalized spacial score (nSPS) is 16.0. The van der Waals surface area contributed by atoms with Gasteiger partial charge in [-0.1, -0.05) is 26.7 Å². The molecule has 0 aromatic carbocycles. The summed E-state index contributed by atoms with van der Waals surface area (Å²) in [5.74, 6) is -1.84. The summed E-state index contributed by atoms with van der Waals surface area (Å²) in [4.78, 5) is 35.4. The molecule has 25 heavy (non-hydrogen) atoms. The lowest BCUT2D eigenvalue weighted by molar-refractivity contribution is -0.142. The van der Waals surface area contributed by atoms with Crippen LogP contribution in [0.15, 0.2) is 12.3 Å². The monoisotopic (exact) mass is 350 g/mol. The largest absolute Gasteiger partial charge is 0.480 e. The molecule has 1 aliphatic carbocycles. The third kappa shape index (κ3) is 5.30. The van der Waals surface area contributed by atoms with Gasteiger partial charge in [-0.2, -0.15) is 5.10 Å². The van der Waals surface area contributed by atoms with E-state index in [1.165, 1.54) is 0 Å². The Balaban J connectivity index is 1.88. The van der Waals surface area contributed by atoms with E-state index in [2.05, 4.69) is 15.7 Å². The van der Waals surface area contributed by atoms with Crippen LogP contribution in [-0.4, -0.2) is 45.3 Å². The molecule has 0 radical (unpaired) electrons. The highest BCUT2D eigenvalue weighted by molar-refractivity contribution is 5.95. The van der Waals surface area contributed by atoms with Crippen LogP contribution in [0.3, 0.4) is 0 Å². The number of hydrogen-bond acceptors (Lipinski definition) is 4. The third-order valence-electron chi connectivity index (χ3n) is 4.32. The lowest BCUT2D eigenvalue weighted by atomic mass is 10.0. The zero-order valence-corrected chi connectivity index (χ0v) is 14.7. The maximum Gasteiger partial charge on any atom is 0.326 e. The number of carbonyl (C=O) groups is 3. The minimum Gasteiger partial charge on any atom is -0.480 e. The first-order chi connectivity index (χ1) is 11.9. The number of amides is 2. The number of nitrogens with zero attached hydrogens (tertiary/aromatic N) is 2. The minimum atomic E-state index is -1.08. The number of aliphatic carboxylic acids is 1. The molecule has 138 valence electrons. The summed E-state index contributed by atoms with van der Waals surface area (Å²) in [5.41, 5.74) is 0.427. The van der Waals surface area contributed by atoms with Gasteiger partial charge in [-0.25, -0.2) is 4.79 Å². The molecule has 2 rings (SSSR count). The molecule has 0 aliphatic heterocycles. The fourth-order valence-corrected chi connectivity index (χ4v) is 3.12. The topological polar surface area (TPSA) is 113 Å². The highest BCUT2D eigenvalue weighted by Crippen LogP contribution is 2.29. The molecule has 0 bridgehead atoms. The lowest BCUT2D eigenvalue weighted by Crippen LogP contribution is -2.46. The predicted octanol–water partition coefficient (Wildman–Crippen LogP) is 1.34. The van der Waals surface area contributed by atoms with Gasteiger partial charge in [-0.3, -0.25) is 14.3 Å². The van der Waals surface area contributed by atoms with Crippen molar-refractivity contribution < 1.29 is 19.5 Å². The van der Waals surface area contributed by atoms with Crippen molar-refractivity contribution in [1.82, 2.24) is 20.4 Å². The number of carboxylic acid groups (broad SMARTS) is 1. The van der Waals surface area contributed by atoms with Crippen molar-refractivity contribution in [3.8, 4) is 0 Å². The standard InChI is InChI=1S/C17H26N4O4/c1-11(2)9-13(17(24)25)20-15(22)10-18-16(23)14-7-8-19-21(14)12-5-3-4-6-12/h7-8,11-13H,3-6,9-10H2,1-2H3,(H,18,23)(H,20,22)(H,24,25)/t13-/m0/s1. The zero-order chi connectivity index (χ0) is 18.4. The van der Waals surface area contributed by atoms with Crippen molar-refractivity contribution in [2.45, 2.75) is 58.0 Å². The molecule has 0 spiro atoms. The Morgan fingerprint density at radius 1 is 1.32 bits per heavy atom. The van der Waals surface area contributed by atoms with Gasteiger partial charge >= 0.3 is 5.97 Å². The average molecular weight is 350 g/mol. The van der Waals surface area contributed by atoms with Gasteiger partial charge in [0.15, 0.2) is 0 Å². The molecule has 2 amide bonds. The number of nitrogens with one attached hydrogen (secondary N) is 2. The Morgan fingerprint density at radius 2 is 2.00 bits per heavy atom. The van der Waals surface area contributed by atoms with E-state index in [1.54, 1.807) is 16.9 Å². The molecular weight excluding hydrogens is 324 g/mol. The number of carboxylic acids is 1. The van der Waals surface area contributed by atoms with Gasteiger partial charge in [-0.05, 0) is 31.2 Å². The number of rotatable bonds is 8. The van der Waals surface area contributed by atoms with Crippen LogP contribution in [0.25, 0.3) is 0 Å². The molecule has 8 heteroatoms. The fraction of sp³-hybridized carbons (Fsp3) is 0.647. The minimum absolute atomic E-state index is 0.136. The summed E-state index contributed by atoms with van der Waals surface area (Å²) in [5, 5.41) is 18.4. The van der Waals surface area contributed by atoms with E-state index >= 15 is 0 Å². The highest BCUT2D eigenvalue weighted by atomic mass is 16.4. The highest BCUT2D eigenvalue weighted by Gasteiger charge is 2.24. The molecule has 1 aliphatic rings. The molecule has 1 heterocycles. The molecule has 0 saturated heterocycles. The van der Waals surface area contributed by atoms with Gasteiger partial charge in [0, 0.05) is 6.20 Å². The second-order valence-corrected chi connectivity index (χ2v) is 6.87. The summed E-state index contributed by atoms with van der Waals surface area (Å²) in [6.07, 6.45) is 6.16. The van der Waals surface area contributed by atoms with Crippen molar-refractivity contribution in [3.05, 3.63) is 18.0 Å². The number of carbonyl (C=O) groups excluding carboxylic acids is 2. The van der Waals surface area contributed by atoms with Gasteiger partial charge in [0.2, 0.25) is 5.91 Å². The van der Waals surface area contributed by atoms with Gasteiger partial charge < -0.3 is 15.7 Å². The Morgan fingerprint density at radius 3 is 2.60 bits per heavy atom. The van der Waals surface area contributed by atoms with Crippen molar-refractivity contribution in [3.63, 3.8) is 0 Å². The average Bonchev–Trinajstić information content (AvgIpc) is 3.21. The zero-order valence-electron chi connectivity index (χ0n) is 14.7. The van der Waals surface area contributed by atoms with Gasteiger partial charge in [0.1, 0.15) is 11.7 Å². The Kier molecular flexibility index (Phi) is 6.55. The maximum atomic E-state index is 12.3. The summed E-state index contributed by atoms with van der Waals surface area (Å²) < 4.78 is 1.72. The second-order valence-electron chi connectivity index (χ2n) is 6.87. The van der Waals surface area contributed by atoms with Crippen molar-refractivity contribution in [2.75, 3.05) is 6.54 Å². The van der Waals surface area contributed by atoms with E-state index < -0.39 is 17.9 Å². The predicted molar refractivity (Wildman–Crippen MR) is 91.1 cm³/mol. The lowest BCUT2D eigenvalue weighted by Gasteiger charge is -2.17. The van der Waals surface area contributed by atoms with Gasteiger partial charge in [0.25, 0.3) is 5.91 Å². The van der Waals surface area contributed by atoms with E-state index in [9.17, 15) is 14.4 Å². The van der Waals surface area contributed by atoms with Crippen LogP contribution >= 0.6 is 0 Å². The van der Waals surface area contributed by atoms with E-state index in [0.717, 1.165) is 25.7 Å². The summed E-state index contributed by atoms with van der Waals surface area (Å²) >= 11 is 0. The molecule has 1 aromatic heterocycles. The molecule has 3 N–H and O–H groups in total. The van der Waals surface area contributed by atoms with Crippen LogP contribution < -0.4 is 10.6 Å². The SMILES string of the molecule is CC(C)C[C@H](NC(=O)CNC(=O)c1ccnn1C1CCCC1)C(=O)O. The maximum absolute atomic E-state index is 12.3. The molecule has 8 nitrogen and oxygen atoms in total. The summed E-state index contributed by atoms with van der Waals surface area (Å²) in [7, 11) is 0. The van der Waals surface area contributed by atoms with Crippen LogP contribution in [0, 0.1) is 5.92 Å².